The van der Waals surface area contributed by atoms with Crippen LogP contribution in [0.2, 0.25) is 0 Å². The van der Waals surface area contributed by atoms with Gasteiger partial charge in [-0.3, -0.25) is 0 Å². The zero-order valence-electron chi connectivity index (χ0n) is 10.6. The van der Waals surface area contributed by atoms with Crippen LogP contribution < -0.4 is 5.63 Å². The van der Waals surface area contributed by atoms with Crippen LogP contribution in [0.1, 0.15) is 28.1 Å². The largest absolute Gasteiger partial charge is 0.465 e. The molecule has 1 aliphatic carbocycles. The van der Waals surface area contributed by atoms with E-state index in [2.05, 4.69) is 4.74 Å². The molecule has 1 fully saturated rings. The van der Waals surface area contributed by atoms with Crippen molar-refractivity contribution in [2.45, 2.75) is 25.0 Å². The number of carbonyl (C=O) groups is 1. The molecule has 1 aliphatic heterocycles. The molecule has 2 heterocycles. The van der Waals surface area contributed by atoms with Crippen molar-refractivity contribution in [1.29, 1.82) is 0 Å². The second kappa shape index (κ2) is 4.47. The Balaban J connectivity index is 1.99. The van der Waals surface area contributed by atoms with Gasteiger partial charge in [0.2, 0.25) is 0 Å². The first-order valence-electron chi connectivity index (χ1n) is 6.16. The van der Waals surface area contributed by atoms with Gasteiger partial charge in [-0.2, -0.15) is 0 Å². The Hall–Kier alpha value is -1.66. The molecule has 0 radical (unpaired) electrons. The molecule has 19 heavy (non-hydrogen) atoms. The Morgan fingerprint density at radius 3 is 2.79 bits per heavy atom. The molecule has 0 saturated carbocycles. The standard InChI is InChI=1S/C13H14O6/c1-16-11(14)9-6-8-7-13(17-4-5-18-13)3-2-10(8)19-12(9)15/h6H,2-5,7H2,1H3. The zero-order chi connectivity index (χ0) is 13.5. The molecule has 0 unspecified atom stereocenters. The monoisotopic (exact) mass is 266 g/mol. The molecule has 1 aromatic rings. The fraction of sp³-hybridized carbons (Fsp3) is 0.538. The van der Waals surface area contributed by atoms with Gasteiger partial charge in [0, 0.05) is 19.3 Å². The Bertz CT molecular complexity index is 567. The molecule has 6 nitrogen and oxygen atoms in total. The number of methoxy groups -OCH3 is 1. The van der Waals surface area contributed by atoms with Crippen LogP contribution in [0.15, 0.2) is 15.3 Å². The lowest BCUT2D eigenvalue weighted by molar-refractivity contribution is -0.165. The van der Waals surface area contributed by atoms with E-state index in [4.69, 9.17) is 13.9 Å². The van der Waals surface area contributed by atoms with Crippen LogP contribution in [0.3, 0.4) is 0 Å². The van der Waals surface area contributed by atoms with Gasteiger partial charge >= 0.3 is 11.6 Å². The molecule has 1 aromatic heterocycles. The average Bonchev–Trinajstić information content (AvgIpc) is 2.86. The Labute approximate surface area is 109 Å². The minimum atomic E-state index is -0.690. The van der Waals surface area contributed by atoms with Gasteiger partial charge in [-0.25, -0.2) is 9.59 Å². The second-order valence-corrected chi connectivity index (χ2v) is 4.67. The van der Waals surface area contributed by atoms with Gasteiger partial charge in [0.1, 0.15) is 11.3 Å². The lowest BCUT2D eigenvalue weighted by Gasteiger charge is -2.31. The normalized spacial score (nSPS) is 20.3. The molecule has 0 N–H and O–H groups in total. The van der Waals surface area contributed by atoms with E-state index >= 15 is 0 Å². The predicted octanol–water partition coefficient (Wildman–Crippen LogP) is 0.658. The van der Waals surface area contributed by atoms with Gasteiger partial charge in [0.05, 0.1) is 20.3 Å². The molecule has 0 bridgehead atoms. The third-order valence-corrected chi connectivity index (χ3v) is 3.52. The van der Waals surface area contributed by atoms with E-state index in [9.17, 15) is 9.59 Å². The fourth-order valence-corrected chi connectivity index (χ4v) is 2.59. The highest BCUT2D eigenvalue weighted by Crippen LogP contribution is 2.35. The fourth-order valence-electron chi connectivity index (χ4n) is 2.59. The molecule has 102 valence electrons. The van der Waals surface area contributed by atoms with Gasteiger partial charge in [0.15, 0.2) is 5.79 Å². The van der Waals surface area contributed by atoms with Crippen molar-refractivity contribution in [3.8, 4) is 0 Å². The predicted molar refractivity (Wildman–Crippen MR) is 63.0 cm³/mol. The summed E-state index contributed by atoms with van der Waals surface area (Å²) in [7, 11) is 1.23. The summed E-state index contributed by atoms with van der Waals surface area (Å²) < 4.78 is 21.0. The highest BCUT2D eigenvalue weighted by atomic mass is 16.7. The van der Waals surface area contributed by atoms with E-state index in [1.165, 1.54) is 13.2 Å². The number of aryl methyl sites for hydroxylation is 1. The van der Waals surface area contributed by atoms with Gasteiger partial charge in [-0.15, -0.1) is 0 Å². The maximum absolute atomic E-state index is 11.7. The third-order valence-electron chi connectivity index (χ3n) is 3.52. The summed E-state index contributed by atoms with van der Waals surface area (Å²) in [5.41, 5.74) is 0.0271. The first-order chi connectivity index (χ1) is 9.13. The third kappa shape index (κ3) is 2.06. The molecule has 3 rings (SSSR count). The summed E-state index contributed by atoms with van der Waals surface area (Å²) in [4.78, 5) is 23.2. The van der Waals surface area contributed by atoms with Crippen LogP contribution >= 0.6 is 0 Å². The summed E-state index contributed by atoms with van der Waals surface area (Å²) in [5, 5.41) is 0. The minimum absolute atomic E-state index is 0.0868. The van der Waals surface area contributed by atoms with Crippen molar-refractivity contribution in [2.24, 2.45) is 0 Å². The highest BCUT2D eigenvalue weighted by molar-refractivity contribution is 5.88. The summed E-state index contributed by atoms with van der Waals surface area (Å²) in [5.74, 6) is -0.716. The molecule has 0 atom stereocenters. The summed E-state index contributed by atoms with van der Waals surface area (Å²) >= 11 is 0. The first-order valence-corrected chi connectivity index (χ1v) is 6.16. The van der Waals surface area contributed by atoms with E-state index in [0.717, 1.165) is 5.56 Å². The van der Waals surface area contributed by atoms with E-state index < -0.39 is 17.4 Å². The van der Waals surface area contributed by atoms with Crippen molar-refractivity contribution in [1.82, 2.24) is 0 Å². The number of carbonyl (C=O) groups excluding carboxylic acids is 1. The van der Waals surface area contributed by atoms with Gasteiger partial charge < -0.3 is 18.6 Å². The van der Waals surface area contributed by atoms with Crippen molar-refractivity contribution >= 4 is 5.97 Å². The molecule has 0 aromatic carbocycles. The Morgan fingerprint density at radius 1 is 1.37 bits per heavy atom. The molecule has 6 heteroatoms. The molecule has 1 spiro atoms. The number of hydrogen-bond acceptors (Lipinski definition) is 6. The number of hydrogen-bond donors (Lipinski definition) is 0. The number of ether oxygens (including phenoxy) is 3. The molecular formula is C13H14O6. The number of rotatable bonds is 1. The molecular weight excluding hydrogens is 252 g/mol. The summed E-state index contributed by atoms with van der Waals surface area (Å²) in [6.07, 6.45) is 1.70. The van der Waals surface area contributed by atoms with E-state index in [-0.39, 0.29) is 5.56 Å². The van der Waals surface area contributed by atoms with Crippen LogP contribution in [0.4, 0.5) is 0 Å². The van der Waals surface area contributed by atoms with Crippen LogP contribution in [0.25, 0.3) is 0 Å². The van der Waals surface area contributed by atoms with Crippen molar-refractivity contribution in [3.63, 3.8) is 0 Å². The maximum Gasteiger partial charge on any atom is 0.350 e. The molecule has 2 aliphatic rings. The minimum Gasteiger partial charge on any atom is -0.465 e. The average molecular weight is 266 g/mol. The quantitative estimate of drug-likeness (QED) is 0.695. The maximum atomic E-state index is 11.7. The van der Waals surface area contributed by atoms with Crippen molar-refractivity contribution < 1.29 is 23.4 Å². The second-order valence-electron chi connectivity index (χ2n) is 4.67. The molecule has 1 saturated heterocycles. The van der Waals surface area contributed by atoms with Crippen LogP contribution in [-0.2, 0) is 27.1 Å². The van der Waals surface area contributed by atoms with Crippen LogP contribution in [-0.4, -0.2) is 32.1 Å². The Kier molecular flexibility index (Phi) is 2.91. The lowest BCUT2D eigenvalue weighted by Crippen LogP contribution is -2.37. The SMILES string of the molecule is COC(=O)c1cc2c(oc1=O)CCC1(C2)OCCO1. The van der Waals surface area contributed by atoms with Crippen LogP contribution in [0, 0.1) is 0 Å². The number of fused-ring (bicyclic) bond motifs is 1. The first kappa shape index (κ1) is 12.4. The summed E-state index contributed by atoms with van der Waals surface area (Å²) in [6, 6.07) is 1.53. The topological polar surface area (TPSA) is 75.0 Å². The van der Waals surface area contributed by atoms with E-state index in [1.807, 2.05) is 0 Å². The van der Waals surface area contributed by atoms with Crippen molar-refractivity contribution in [2.75, 3.05) is 20.3 Å². The van der Waals surface area contributed by atoms with E-state index in [0.29, 0.717) is 38.2 Å². The highest BCUT2D eigenvalue weighted by Gasteiger charge is 2.41. The number of esters is 1. The molecule has 0 amide bonds. The van der Waals surface area contributed by atoms with Gasteiger partial charge in [0.25, 0.3) is 0 Å². The summed E-state index contributed by atoms with van der Waals surface area (Å²) in [6.45, 7) is 1.13. The van der Waals surface area contributed by atoms with Crippen LogP contribution in [0.5, 0.6) is 0 Å². The van der Waals surface area contributed by atoms with Gasteiger partial charge in [-0.1, -0.05) is 0 Å². The lowest BCUT2D eigenvalue weighted by atomic mass is 9.91. The zero-order valence-corrected chi connectivity index (χ0v) is 10.6. The Morgan fingerprint density at radius 2 is 2.11 bits per heavy atom. The smallest absolute Gasteiger partial charge is 0.350 e. The van der Waals surface area contributed by atoms with Crippen molar-refractivity contribution in [3.05, 3.63) is 33.4 Å². The van der Waals surface area contributed by atoms with Gasteiger partial charge in [-0.05, 0) is 11.6 Å². The van der Waals surface area contributed by atoms with E-state index in [1.54, 1.807) is 0 Å².